The lowest BCUT2D eigenvalue weighted by Crippen LogP contribution is -1.98. The van der Waals surface area contributed by atoms with E-state index in [1.165, 1.54) is 0 Å². The molecule has 0 amide bonds. The standard InChI is InChI=1S/C18H15N3O/c1-2-22-16-9-8-13-10-14(12-19)18(21-17(13)11-16)20-15-6-4-3-5-7-15/h3-11H,2H2,1H3,(H,20,21). The molecule has 0 atom stereocenters. The Bertz CT molecular complexity index is 838. The molecule has 2 aromatic carbocycles. The van der Waals surface area contributed by atoms with Gasteiger partial charge in [0.1, 0.15) is 17.6 Å². The molecule has 3 aromatic rings. The highest BCUT2D eigenvalue weighted by molar-refractivity contribution is 5.85. The van der Waals surface area contributed by atoms with E-state index in [0.29, 0.717) is 18.0 Å². The number of ether oxygens (including phenoxy) is 1. The van der Waals surface area contributed by atoms with Crippen molar-refractivity contribution < 1.29 is 4.74 Å². The van der Waals surface area contributed by atoms with Crippen LogP contribution < -0.4 is 10.1 Å². The van der Waals surface area contributed by atoms with Gasteiger partial charge in [0.05, 0.1) is 17.7 Å². The largest absolute Gasteiger partial charge is 0.494 e. The SMILES string of the molecule is CCOc1ccc2cc(C#N)c(Nc3ccccc3)nc2c1. The number of aromatic nitrogens is 1. The lowest BCUT2D eigenvalue weighted by Gasteiger charge is -2.10. The van der Waals surface area contributed by atoms with E-state index in [1.54, 1.807) is 0 Å². The van der Waals surface area contributed by atoms with Crippen LogP contribution in [0.1, 0.15) is 12.5 Å². The predicted octanol–water partition coefficient (Wildman–Crippen LogP) is 4.25. The Labute approximate surface area is 129 Å². The Morgan fingerprint density at radius 3 is 2.68 bits per heavy atom. The number of benzene rings is 2. The van der Waals surface area contributed by atoms with Crippen LogP contribution in [0.25, 0.3) is 10.9 Å². The summed E-state index contributed by atoms with van der Waals surface area (Å²) in [5.41, 5.74) is 2.20. The van der Waals surface area contributed by atoms with Crippen molar-refractivity contribution in [3.05, 3.63) is 60.2 Å². The number of pyridine rings is 1. The average molecular weight is 289 g/mol. The average Bonchev–Trinajstić information content (AvgIpc) is 2.55. The fourth-order valence-electron chi connectivity index (χ4n) is 2.24. The molecule has 0 radical (unpaired) electrons. The van der Waals surface area contributed by atoms with E-state index in [1.807, 2.05) is 61.5 Å². The Morgan fingerprint density at radius 2 is 1.95 bits per heavy atom. The highest BCUT2D eigenvalue weighted by atomic mass is 16.5. The second kappa shape index (κ2) is 6.15. The molecule has 0 saturated carbocycles. The van der Waals surface area contributed by atoms with Crippen molar-refractivity contribution >= 4 is 22.4 Å². The van der Waals surface area contributed by atoms with Crippen molar-refractivity contribution in [2.24, 2.45) is 0 Å². The maximum Gasteiger partial charge on any atom is 0.149 e. The van der Waals surface area contributed by atoms with Crippen LogP contribution in [-0.4, -0.2) is 11.6 Å². The summed E-state index contributed by atoms with van der Waals surface area (Å²) >= 11 is 0. The van der Waals surface area contributed by atoms with Crippen molar-refractivity contribution in [1.82, 2.24) is 4.98 Å². The number of nitrogens with one attached hydrogen (secondary N) is 1. The molecule has 0 bridgehead atoms. The summed E-state index contributed by atoms with van der Waals surface area (Å²) in [7, 11) is 0. The van der Waals surface area contributed by atoms with E-state index in [2.05, 4.69) is 16.4 Å². The van der Waals surface area contributed by atoms with Crippen LogP contribution in [0.2, 0.25) is 0 Å². The Morgan fingerprint density at radius 1 is 1.14 bits per heavy atom. The summed E-state index contributed by atoms with van der Waals surface area (Å²) in [5.74, 6) is 1.33. The molecule has 3 rings (SSSR count). The van der Waals surface area contributed by atoms with Crippen molar-refractivity contribution in [2.45, 2.75) is 6.92 Å². The first kappa shape index (κ1) is 13.9. The third-order valence-corrected chi connectivity index (χ3v) is 3.26. The van der Waals surface area contributed by atoms with Gasteiger partial charge in [0.2, 0.25) is 0 Å². The van der Waals surface area contributed by atoms with Crippen LogP contribution in [0.5, 0.6) is 5.75 Å². The lowest BCUT2D eigenvalue weighted by molar-refractivity contribution is 0.340. The minimum Gasteiger partial charge on any atom is -0.494 e. The molecule has 1 aromatic heterocycles. The predicted molar refractivity (Wildman–Crippen MR) is 87.4 cm³/mol. The monoisotopic (exact) mass is 289 g/mol. The summed E-state index contributed by atoms with van der Waals surface area (Å²) in [6.45, 7) is 2.55. The number of para-hydroxylation sites is 1. The quantitative estimate of drug-likeness (QED) is 0.780. The Balaban J connectivity index is 2.05. The third-order valence-electron chi connectivity index (χ3n) is 3.26. The summed E-state index contributed by atoms with van der Waals surface area (Å²) in [4.78, 5) is 4.57. The van der Waals surface area contributed by atoms with Gasteiger partial charge in [-0.05, 0) is 37.3 Å². The molecule has 22 heavy (non-hydrogen) atoms. The zero-order valence-electron chi connectivity index (χ0n) is 12.2. The van der Waals surface area contributed by atoms with Gasteiger partial charge in [0, 0.05) is 17.1 Å². The maximum atomic E-state index is 9.34. The van der Waals surface area contributed by atoms with Gasteiger partial charge < -0.3 is 10.1 Å². The summed E-state index contributed by atoms with van der Waals surface area (Å²) in [5, 5.41) is 13.4. The van der Waals surface area contributed by atoms with Gasteiger partial charge in [0.25, 0.3) is 0 Å². The molecule has 4 nitrogen and oxygen atoms in total. The third kappa shape index (κ3) is 2.84. The van der Waals surface area contributed by atoms with Gasteiger partial charge in [-0.1, -0.05) is 18.2 Å². The van der Waals surface area contributed by atoms with Gasteiger partial charge in [-0.15, -0.1) is 0 Å². The normalized spacial score (nSPS) is 10.2. The minimum atomic E-state index is 0.514. The topological polar surface area (TPSA) is 57.9 Å². The molecule has 1 heterocycles. The van der Waals surface area contributed by atoms with Gasteiger partial charge in [0.15, 0.2) is 0 Å². The van der Waals surface area contributed by atoms with Crippen LogP contribution in [0.15, 0.2) is 54.6 Å². The number of nitriles is 1. The van der Waals surface area contributed by atoms with E-state index in [9.17, 15) is 5.26 Å². The number of anilines is 2. The molecule has 0 unspecified atom stereocenters. The molecule has 1 N–H and O–H groups in total. The molecule has 0 spiro atoms. The lowest BCUT2D eigenvalue weighted by atomic mass is 10.1. The number of rotatable bonds is 4. The number of hydrogen-bond acceptors (Lipinski definition) is 4. The molecular weight excluding hydrogens is 274 g/mol. The van der Waals surface area contributed by atoms with Gasteiger partial charge >= 0.3 is 0 Å². The molecule has 108 valence electrons. The second-order valence-electron chi connectivity index (χ2n) is 4.77. The summed E-state index contributed by atoms with van der Waals surface area (Å²) in [6.07, 6.45) is 0. The molecule has 0 aliphatic carbocycles. The Hall–Kier alpha value is -3.06. The molecular formula is C18H15N3O. The fraction of sp³-hybridized carbons (Fsp3) is 0.111. The van der Waals surface area contributed by atoms with Crippen molar-refractivity contribution in [2.75, 3.05) is 11.9 Å². The van der Waals surface area contributed by atoms with E-state index in [4.69, 9.17) is 4.74 Å². The van der Waals surface area contributed by atoms with Crippen LogP contribution in [0.3, 0.4) is 0 Å². The van der Waals surface area contributed by atoms with Crippen molar-refractivity contribution in [3.63, 3.8) is 0 Å². The van der Waals surface area contributed by atoms with E-state index < -0.39 is 0 Å². The first-order chi connectivity index (χ1) is 10.8. The highest BCUT2D eigenvalue weighted by Gasteiger charge is 2.08. The first-order valence-corrected chi connectivity index (χ1v) is 7.10. The van der Waals surface area contributed by atoms with E-state index in [-0.39, 0.29) is 0 Å². The maximum absolute atomic E-state index is 9.34. The number of hydrogen-bond donors (Lipinski definition) is 1. The molecule has 0 saturated heterocycles. The van der Waals surface area contributed by atoms with Crippen LogP contribution >= 0.6 is 0 Å². The molecule has 0 fully saturated rings. The Kier molecular flexibility index (Phi) is 3.88. The van der Waals surface area contributed by atoms with E-state index in [0.717, 1.165) is 22.3 Å². The summed E-state index contributed by atoms with van der Waals surface area (Å²) in [6, 6.07) is 19.4. The highest BCUT2D eigenvalue weighted by Crippen LogP contribution is 2.26. The minimum absolute atomic E-state index is 0.514. The number of nitrogens with zero attached hydrogens (tertiary/aromatic N) is 2. The summed E-state index contributed by atoms with van der Waals surface area (Å²) < 4.78 is 5.50. The van der Waals surface area contributed by atoms with Gasteiger partial charge in [-0.25, -0.2) is 4.98 Å². The van der Waals surface area contributed by atoms with Crippen LogP contribution in [0.4, 0.5) is 11.5 Å². The van der Waals surface area contributed by atoms with Gasteiger partial charge in [-0.2, -0.15) is 5.26 Å². The van der Waals surface area contributed by atoms with Crippen LogP contribution in [0, 0.1) is 11.3 Å². The molecule has 0 aliphatic heterocycles. The zero-order valence-corrected chi connectivity index (χ0v) is 12.2. The number of fused-ring (bicyclic) bond motifs is 1. The zero-order chi connectivity index (χ0) is 15.4. The smallest absolute Gasteiger partial charge is 0.149 e. The molecule has 0 aliphatic rings. The van der Waals surface area contributed by atoms with E-state index >= 15 is 0 Å². The van der Waals surface area contributed by atoms with Crippen molar-refractivity contribution in [1.29, 1.82) is 5.26 Å². The van der Waals surface area contributed by atoms with Gasteiger partial charge in [-0.3, -0.25) is 0 Å². The molecule has 4 heteroatoms. The van der Waals surface area contributed by atoms with Crippen molar-refractivity contribution in [3.8, 4) is 11.8 Å². The van der Waals surface area contributed by atoms with Crippen LogP contribution in [-0.2, 0) is 0 Å². The second-order valence-corrected chi connectivity index (χ2v) is 4.77. The fourth-order valence-corrected chi connectivity index (χ4v) is 2.24. The first-order valence-electron chi connectivity index (χ1n) is 7.10.